The molecule has 9 heteroatoms. The minimum atomic E-state index is -0.683. The van der Waals surface area contributed by atoms with Crippen LogP contribution in [0.5, 0.6) is 5.88 Å². The van der Waals surface area contributed by atoms with Gasteiger partial charge in [0.2, 0.25) is 11.8 Å². The van der Waals surface area contributed by atoms with Crippen molar-refractivity contribution in [1.82, 2.24) is 15.6 Å². The number of pyridine rings is 1. The van der Waals surface area contributed by atoms with Crippen LogP contribution >= 0.6 is 0 Å². The lowest BCUT2D eigenvalue weighted by atomic mass is 9.97. The molecule has 2 amide bonds. The maximum Gasteiger partial charge on any atom is 0.252 e. The number of allylic oxidation sites excluding steroid dienone is 1. The lowest BCUT2D eigenvalue weighted by molar-refractivity contribution is -0.122. The molecule has 3 rings (SSSR count). The van der Waals surface area contributed by atoms with Crippen molar-refractivity contribution in [1.29, 1.82) is 0 Å². The molecule has 1 unspecified atom stereocenters. The number of rotatable bonds is 10. The van der Waals surface area contributed by atoms with E-state index in [1.165, 1.54) is 12.4 Å². The molecule has 1 aliphatic rings. The number of nitrogens with zero attached hydrogens (tertiary/aromatic N) is 2. The average Bonchev–Trinajstić information content (AvgIpc) is 3.36. The van der Waals surface area contributed by atoms with Gasteiger partial charge in [-0.25, -0.2) is 4.98 Å². The van der Waals surface area contributed by atoms with Crippen molar-refractivity contribution in [2.75, 3.05) is 19.5 Å². The molecule has 0 saturated heterocycles. The molecule has 0 spiro atoms. The highest BCUT2D eigenvalue weighted by Gasteiger charge is 2.27. The van der Waals surface area contributed by atoms with Crippen molar-refractivity contribution >= 4 is 29.4 Å². The lowest BCUT2D eigenvalue weighted by Crippen LogP contribution is -2.47. The van der Waals surface area contributed by atoms with Gasteiger partial charge < -0.3 is 26.4 Å². The van der Waals surface area contributed by atoms with Gasteiger partial charge in [0.25, 0.3) is 5.91 Å². The van der Waals surface area contributed by atoms with Crippen molar-refractivity contribution in [2.24, 2.45) is 16.6 Å². The minimum absolute atomic E-state index is 0.310. The number of methoxy groups -OCH3 is 1. The Morgan fingerprint density at radius 2 is 2.00 bits per heavy atom. The molecular formula is C25H32N6O3. The van der Waals surface area contributed by atoms with Crippen LogP contribution in [0, 0.1) is 5.92 Å². The van der Waals surface area contributed by atoms with E-state index in [-0.39, 0.29) is 11.8 Å². The molecule has 1 saturated carbocycles. The quantitative estimate of drug-likeness (QED) is 0.400. The number of ether oxygens (including phenoxy) is 1. The zero-order valence-electron chi connectivity index (χ0n) is 19.6. The Bertz CT molecular complexity index is 1050. The van der Waals surface area contributed by atoms with E-state index in [1.807, 2.05) is 6.07 Å². The number of hydrogen-bond donors (Lipinski definition) is 4. The molecule has 180 valence electrons. The number of benzene rings is 1. The molecule has 1 fully saturated rings. The highest BCUT2D eigenvalue weighted by molar-refractivity contribution is 5.99. The summed E-state index contributed by atoms with van der Waals surface area (Å²) in [7, 11) is 3.15. The number of nitrogens with two attached hydrogens (primary N) is 1. The summed E-state index contributed by atoms with van der Waals surface area (Å²) in [6.07, 6.45) is 9.38. The molecule has 0 aliphatic heterocycles. The normalized spacial score (nSPS) is 15.2. The second-order valence-electron chi connectivity index (χ2n) is 8.20. The largest absolute Gasteiger partial charge is 0.481 e. The standard InChI is InChI=1S/C25H32N6O3/c1-27-16-21(15-26)30-25(33)22(12-17-6-3-4-7-17)31-24(32)18-8-5-9-19(13-18)29-20-10-11-28-23(14-20)34-2/h5,8-11,13-17,22H,3-4,6-7,12,26H2,1-2H3,(H,28,29)(H,30,33)(H,31,32)/b21-15+,27-16?. The third-order valence-corrected chi connectivity index (χ3v) is 5.74. The Hall–Kier alpha value is -3.88. The number of aliphatic imine (C=N–C) groups is 1. The van der Waals surface area contributed by atoms with E-state index >= 15 is 0 Å². The fourth-order valence-corrected chi connectivity index (χ4v) is 4.04. The zero-order chi connectivity index (χ0) is 24.3. The van der Waals surface area contributed by atoms with E-state index in [9.17, 15) is 9.59 Å². The Labute approximate surface area is 199 Å². The molecular weight excluding hydrogens is 432 g/mol. The summed E-state index contributed by atoms with van der Waals surface area (Å²) in [5.74, 6) is 0.251. The van der Waals surface area contributed by atoms with Crippen molar-refractivity contribution in [2.45, 2.75) is 38.1 Å². The number of nitrogens with one attached hydrogen (secondary N) is 3. The molecule has 1 atom stereocenters. The van der Waals surface area contributed by atoms with Crippen LogP contribution in [0.4, 0.5) is 11.4 Å². The van der Waals surface area contributed by atoms with Crippen LogP contribution in [0.25, 0.3) is 0 Å². The highest BCUT2D eigenvalue weighted by atomic mass is 16.5. The molecule has 1 aromatic carbocycles. The predicted molar refractivity (Wildman–Crippen MR) is 133 cm³/mol. The summed E-state index contributed by atoms with van der Waals surface area (Å²) < 4.78 is 5.15. The Balaban J connectivity index is 1.73. The third-order valence-electron chi connectivity index (χ3n) is 5.74. The first kappa shape index (κ1) is 24.8. The van der Waals surface area contributed by atoms with Crippen LogP contribution in [0.3, 0.4) is 0 Å². The van der Waals surface area contributed by atoms with Crippen molar-refractivity contribution in [3.63, 3.8) is 0 Å². The van der Waals surface area contributed by atoms with Gasteiger partial charge in [0.15, 0.2) is 0 Å². The maximum absolute atomic E-state index is 13.1. The van der Waals surface area contributed by atoms with Crippen LogP contribution in [-0.2, 0) is 4.79 Å². The molecule has 0 radical (unpaired) electrons. The van der Waals surface area contributed by atoms with E-state index < -0.39 is 6.04 Å². The van der Waals surface area contributed by atoms with Crippen LogP contribution in [0.1, 0.15) is 42.5 Å². The molecule has 5 N–H and O–H groups in total. The Kier molecular flexibility index (Phi) is 9.02. The number of anilines is 2. The monoisotopic (exact) mass is 464 g/mol. The van der Waals surface area contributed by atoms with E-state index in [2.05, 4.69) is 25.9 Å². The van der Waals surface area contributed by atoms with Gasteiger partial charge in [-0.3, -0.25) is 14.6 Å². The first-order valence-electron chi connectivity index (χ1n) is 11.3. The van der Waals surface area contributed by atoms with Crippen LogP contribution < -0.4 is 26.4 Å². The van der Waals surface area contributed by atoms with E-state index in [4.69, 9.17) is 10.5 Å². The van der Waals surface area contributed by atoms with Crippen LogP contribution in [-0.4, -0.2) is 43.2 Å². The fourth-order valence-electron chi connectivity index (χ4n) is 4.04. The van der Waals surface area contributed by atoms with Gasteiger partial charge in [0.1, 0.15) is 6.04 Å². The van der Waals surface area contributed by atoms with Crippen molar-refractivity contribution < 1.29 is 14.3 Å². The van der Waals surface area contributed by atoms with E-state index in [1.54, 1.807) is 50.7 Å². The number of aromatic nitrogens is 1. The lowest BCUT2D eigenvalue weighted by Gasteiger charge is -2.22. The van der Waals surface area contributed by atoms with Gasteiger partial charge in [-0.15, -0.1) is 0 Å². The maximum atomic E-state index is 13.1. The first-order valence-corrected chi connectivity index (χ1v) is 11.3. The topological polar surface area (TPSA) is 131 Å². The first-order chi connectivity index (χ1) is 16.5. The van der Waals surface area contributed by atoms with Crippen LogP contribution in [0.2, 0.25) is 0 Å². The number of amides is 2. The summed E-state index contributed by atoms with van der Waals surface area (Å²) >= 11 is 0. The molecule has 2 aromatic rings. The molecule has 0 bridgehead atoms. The minimum Gasteiger partial charge on any atom is -0.481 e. The van der Waals surface area contributed by atoms with E-state index in [0.717, 1.165) is 37.1 Å². The van der Waals surface area contributed by atoms with Crippen molar-refractivity contribution in [3.8, 4) is 5.88 Å². The summed E-state index contributed by atoms with van der Waals surface area (Å²) in [6, 6.07) is 9.98. The summed E-state index contributed by atoms with van der Waals surface area (Å²) in [4.78, 5) is 34.1. The summed E-state index contributed by atoms with van der Waals surface area (Å²) in [5.41, 5.74) is 7.92. The third kappa shape index (κ3) is 7.06. The molecule has 1 aromatic heterocycles. The predicted octanol–water partition coefficient (Wildman–Crippen LogP) is 3.13. The molecule has 1 heterocycles. The molecule has 34 heavy (non-hydrogen) atoms. The van der Waals surface area contributed by atoms with Crippen molar-refractivity contribution in [3.05, 3.63) is 60.1 Å². The fraction of sp³-hybridized carbons (Fsp3) is 0.360. The molecule has 9 nitrogen and oxygen atoms in total. The zero-order valence-corrected chi connectivity index (χ0v) is 19.6. The van der Waals surface area contributed by atoms with E-state index in [0.29, 0.717) is 29.5 Å². The smallest absolute Gasteiger partial charge is 0.252 e. The highest BCUT2D eigenvalue weighted by Crippen LogP contribution is 2.29. The Morgan fingerprint density at radius 1 is 1.24 bits per heavy atom. The number of hydrogen-bond acceptors (Lipinski definition) is 7. The van der Waals surface area contributed by atoms with Gasteiger partial charge in [-0.2, -0.15) is 0 Å². The van der Waals surface area contributed by atoms with Gasteiger partial charge in [0, 0.05) is 48.7 Å². The number of carbonyl (C=O) groups excluding carboxylic acids is 2. The van der Waals surface area contributed by atoms with Gasteiger partial charge in [0.05, 0.1) is 12.8 Å². The summed E-state index contributed by atoms with van der Waals surface area (Å²) in [5, 5.41) is 8.92. The van der Waals surface area contributed by atoms with Crippen LogP contribution in [0.15, 0.2) is 59.5 Å². The van der Waals surface area contributed by atoms with Gasteiger partial charge >= 0.3 is 0 Å². The summed E-state index contributed by atoms with van der Waals surface area (Å²) in [6.45, 7) is 0. The van der Waals surface area contributed by atoms with Gasteiger partial charge in [-0.05, 0) is 36.6 Å². The average molecular weight is 465 g/mol. The number of carbonyl (C=O) groups is 2. The Morgan fingerprint density at radius 3 is 2.71 bits per heavy atom. The van der Waals surface area contributed by atoms with Gasteiger partial charge in [-0.1, -0.05) is 31.7 Å². The SMILES string of the molecule is CN=C/C(=C\N)NC(=O)C(CC1CCCC1)NC(=O)c1cccc(Nc2ccnc(OC)c2)c1. The second-order valence-corrected chi connectivity index (χ2v) is 8.20. The molecule has 1 aliphatic carbocycles. The second kappa shape index (κ2) is 12.4.